The lowest BCUT2D eigenvalue weighted by Gasteiger charge is -2.11. The molecule has 0 aromatic heterocycles. The van der Waals surface area contributed by atoms with Crippen molar-refractivity contribution < 1.29 is 5.48 Å². The normalized spacial score (nSPS) is 11.3. The molecule has 0 unspecified atom stereocenters. The number of quaternary nitrogens is 1. The Morgan fingerprint density at radius 3 is 1.61 bits per heavy atom. The molecule has 0 radical (unpaired) electrons. The predicted octanol–water partition coefficient (Wildman–Crippen LogP) is 4.38. The molecule has 0 aliphatic carbocycles. The minimum absolute atomic E-state index is 0.760. The van der Waals surface area contributed by atoms with E-state index in [-0.39, 0.29) is 0 Å². The predicted molar refractivity (Wildman–Crippen MR) is 80.4 cm³/mol. The fourth-order valence-corrected chi connectivity index (χ4v) is 2.60. The molecule has 2 nitrogen and oxygen atoms in total. The van der Waals surface area contributed by atoms with Crippen LogP contribution in [0.5, 0.6) is 0 Å². The summed E-state index contributed by atoms with van der Waals surface area (Å²) in [7, 11) is 0. The van der Waals surface area contributed by atoms with Crippen LogP contribution in [0.25, 0.3) is 0 Å². The van der Waals surface area contributed by atoms with Crippen molar-refractivity contribution in [3.8, 4) is 0 Å². The number of unbranched alkanes of at least 4 members (excludes halogenated alkanes) is 8. The first-order chi connectivity index (χ1) is 8.85. The van der Waals surface area contributed by atoms with E-state index < -0.39 is 0 Å². The Morgan fingerprint density at radius 2 is 1.17 bits per heavy atom. The van der Waals surface area contributed by atoms with Gasteiger partial charge in [0.2, 0.25) is 0 Å². The van der Waals surface area contributed by atoms with Crippen molar-refractivity contribution in [2.45, 2.75) is 90.9 Å². The molecule has 0 fully saturated rings. The number of hydroxylamine groups is 1. The molecule has 0 aliphatic rings. The summed E-state index contributed by atoms with van der Waals surface area (Å²) in [6, 6.07) is 0. The Balaban J connectivity index is 3.03. The molecule has 0 bridgehead atoms. The Morgan fingerprint density at radius 1 is 0.722 bits per heavy atom. The Kier molecular flexibility index (Phi) is 14.9. The second kappa shape index (κ2) is 15.0. The van der Waals surface area contributed by atoms with E-state index in [2.05, 4.69) is 13.8 Å². The van der Waals surface area contributed by atoms with Gasteiger partial charge in [0.05, 0.1) is 6.54 Å². The van der Waals surface area contributed by atoms with Gasteiger partial charge in [-0.2, -0.15) is 0 Å². The molecule has 2 N–H and O–H groups in total. The SMILES string of the molecule is CCC(CC)CCCCCCCCCCC[NH2+][O-]. The van der Waals surface area contributed by atoms with Gasteiger partial charge in [-0.3, -0.25) is 0 Å². The second-order valence-corrected chi connectivity index (χ2v) is 5.61. The van der Waals surface area contributed by atoms with Gasteiger partial charge in [0, 0.05) is 0 Å². The zero-order valence-electron chi connectivity index (χ0n) is 12.8. The molecule has 0 amide bonds. The van der Waals surface area contributed by atoms with E-state index >= 15 is 0 Å². The first-order valence-corrected chi connectivity index (χ1v) is 8.28. The molecule has 0 aromatic rings. The standard InChI is InChI=1S/C16H35NO/c1-3-16(4-2)14-12-10-8-6-5-7-9-11-13-15-17-18/h16H,3-15,17H2,1-2H3. The van der Waals surface area contributed by atoms with E-state index in [0.29, 0.717) is 0 Å². The number of hydrogen-bond donors (Lipinski definition) is 1. The van der Waals surface area contributed by atoms with Crippen LogP contribution in [-0.4, -0.2) is 6.54 Å². The van der Waals surface area contributed by atoms with Gasteiger partial charge in [0.15, 0.2) is 0 Å². The molecule has 0 saturated carbocycles. The van der Waals surface area contributed by atoms with Crippen molar-refractivity contribution >= 4 is 0 Å². The van der Waals surface area contributed by atoms with E-state index in [1.165, 1.54) is 70.6 Å². The number of hydrogen-bond acceptors (Lipinski definition) is 1. The van der Waals surface area contributed by atoms with Crippen molar-refractivity contribution in [2.24, 2.45) is 5.92 Å². The highest BCUT2D eigenvalue weighted by Gasteiger charge is 2.02. The molecule has 0 spiro atoms. The minimum Gasteiger partial charge on any atom is -0.636 e. The summed E-state index contributed by atoms with van der Waals surface area (Å²) in [6.45, 7) is 5.40. The smallest absolute Gasteiger partial charge is 0.0752 e. The molecule has 0 rings (SSSR count). The van der Waals surface area contributed by atoms with Gasteiger partial charge >= 0.3 is 0 Å². The summed E-state index contributed by atoms with van der Waals surface area (Å²) in [4.78, 5) is 0. The largest absolute Gasteiger partial charge is 0.636 e. The number of nitrogens with two attached hydrogens (primary N) is 1. The molecular weight excluding hydrogens is 222 g/mol. The van der Waals surface area contributed by atoms with E-state index in [1.54, 1.807) is 0 Å². The molecule has 110 valence electrons. The summed E-state index contributed by atoms with van der Waals surface area (Å²) in [6.07, 6.45) is 16.3. The first kappa shape index (κ1) is 17.9. The second-order valence-electron chi connectivity index (χ2n) is 5.61. The van der Waals surface area contributed by atoms with Gasteiger partial charge in [-0.1, -0.05) is 78.1 Å². The van der Waals surface area contributed by atoms with Crippen molar-refractivity contribution in [1.29, 1.82) is 0 Å². The van der Waals surface area contributed by atoms with Crippen LogP contribution in [0.1, 0.15) is 90.9 Å². The van der Waals surface area contributed by atoms with Crippen LogP contribution in [-0.2, 0) is 0 Å². The summed E-state index contributed by atoms with van der Waals surface area (Å²) in [5.41, 5.74) is 1.04. The highest BCUT2D eigenvalue weighted by Crippen LogP contribution is 2.17. The fraction of sp³-hybridized carbons (Fsp3) is 1.00. The van der Waals surface area contributed by atoms with Crippen LogP contribution < -0.4 is 5.48 Å². The Hall–Kier alpha value is -0.0800. The first-order valence-electron chi connectivity index (χ1n) is 8.28. The van der Waals surface area contributed by atoms with E-state index in [4.69, 9.17) is 0 Å². The maximum absolute atomic E-state index is 10.1. The van der Waals surface area contributed by atoms with Crippen molar-refractivity contribution in [1.82, 2.24) is 0 Å². The zero-order valence-corrected chi connectivity index (χ0v) is 12.8. The summed E-state index contributed by atoms with van der Waals surface area (Å²) < 4.78 is 0. The molecular formula is C16H35NO. The van der Waals surface area contributed by atoms with Crippen LogP contribution in [0, 0.1) is 11.1 Å². The maximum Gasteiger partial charge on any atom is 0.0752 e. The van der Waals surface area contributed by atoms with Crippen molar-refractivity contribution in [2.75, 3.05) is 6.54 Å². The van der Waals surface area contributed by atoms with Crippen LogP contribution in [0.15, 0.2) is 0 Å². The Bertz CT molecular complexity index is 146. The molecule has 0 saturated heterocycles. The topological polar surface area (TPSA) is 39.7 Å². The van der Waals surface area contributed by atoms with Crippen molar-refractivity contribution in [3.63, 3.8) is 0 Å². The molecule has 18 heavy (non-hydrogen) atoms. The monoisotopic (exact) mass is 257 g/mol. The lowest BCUT2D eigenvalue weighted by molar-refractivity contribution is -0.589. The van der Waals surface area contributed by atoms with Gasteiger partial charge in [0.1, 0.15) is 0 Å². The van der Waals surface area contributed by atoms with E-state index in [0.717, 1.165) is 24.4 Å². The lowest BCUT2D eigenvalue weighted by atomic mass is 9.95. The van der Waals surface area contributed by atoms with E-state index in [9.17, 15) is 5.21 Å². The quantitative estimate of drug-likeness (QED) is 0.364. The molecule has 0 aliphatic heterocycles. The lowest BCUT2D eigenvalue weighted by Crippen LogP contribution is -2.77. The molecule has 0 aromatic carbocycles. The molecule has 0 heterocycles. The van der Waals surface area contributed by atoms with Gasteiger partial charge in [-0.05, 0) is 18.8 Å². The average Bonchev–Trinajstić information content (AvgIpc) is 2.40. The average molecular weight is 257 g/mol. The third kappa shape index (κ3) is 12.4. The van der Waals surface area contributed by atoms with Gasteiger partial charge in [-0.15, -0.1) is 0 Å². The molecule has 0 atom stereocenters. The summed E-state index contributed by atoms with van der Waals surface area (Å²) in [5, 5.41) is 10.1. The fourth-order valence-electron chi connectivity index (χ4n) is 2.60. The maximum atomic E-state index is 10.1. The van der Waals surface area contributed by atoms with E-state index in [1.807, 2.05) is 0 Å². The van der Waals surface area contributed by atoms with Crippen LogP contribution in [0.4, 0.5) is 0 Å². The van der Waals surface area contributed by atoms with Gasteiger partial charge < -0.3 is 10.7 Å². The van der Waals surface area contributed by atoms with Gasteiger partial charge in [0.25, 0.3) is 0 Å². The zero-order chi connectivity index (χ0) is 13.5. The van der Waals surface area contributed by atoms with Gasteiger partial charge in [-0.25, -0.2) is 0 Å². The third-order valence-electron chi connectivity index (χ3n) is 4.09. The number of rotatable bonds is 14. The van der Waals surface area contributed by atoms with Crippen LogP contribution in [0.3, 0.4) is 0 Å². The molecule has 2 heteroatoms. The highest BCUT2D eigenvalue weighted by atomic mass is 16.5. The highest BCUT2D eigenvalue weighted by molar-refractivity contribution is 4.55. The minimum atomic E-state index is 0.760. The third-order valence-corrected chi connectivity index (χ3v) is 4.09. The Labute approximate surface area is 115 Å². The summed E-state index contributed by atoms with van der Waals surface area (Å²) >= 11 is 0. The summed E-state index contributed by atoms with van der Waals surface area (Å²) in [5.74, 6) is 0.975. The van der Waals surface area contributed by atoms with Crippen LogP contribution in [0.2, 0.25) is 0 Å². The van der Waals surface area contributed by atoms with Crippen LogP contribution >= 0.6 is 0 Å². The van der Waals surface area contributed by atoms with Crippen molar-refractivity contribution in [3.05, 3.63) is 5.21 Å².